The summed E-state index contributed by atoms with van der Waals surface area (Å²) in [6.45, 7) is 0.292. The van der Waals surface area contributed by atoms with Crippen LogP contribution in [0.15, 0.2) is 0 Å². The summed E-state index contributed by atoms with van der Waals surface area (Å²) in [5.41, 5.74) is 1.97. The predicted octanol–water partition coefficient (Wildman–Crippen LogP) is -1.69. The van der Waals surface area contributed by atoms with Crippen LogP contribution >= 0.6 is 0 Å². The van der Waals surface area contributed by atoms with Gasteiger partial charge in [0.05, 0.1) is 6.54 Å². The number of carbonyl (C=O) groups excluding carboxylic acids is 3. The molecule has 1 fully saturated rings. The van der Waals surface area contributed by atoms with Crippen molar-refractivity contribution in [2.75, 3.05) is 13.1 Å². The van der Waals surface area contributed by atoms with Gasteiger partial charge in [0.1, 0.15) is 0 Å². The number of imide groups is 1. The van der Waals surface area contributed by atoms with Crippen LogP contribution < -0.4 is 16.6 Å². The molecule has 0 bridgehead atoms. The molecule has 0 saturated carbocycles. The molecule has 1 rings (SSSR count). The van der Waals surface area contributed by atoms with E-state index in [0.29, 0.717) is 6.42 Å². The number of urea groups is 1. The van der Waals surface area contributed by atoms with Crippen LogP contribution in [0.4, 0.5) is 4.79 Å². The maximum absolute atomic E-state index is 11.0. The topological polar surface area (TPSA) is 105 Å². The Kier molecular flexibility index (Phi) is 3.41. The second-order valence-corrected chi connectivity index (χ2v) is 2.88. The second-order valence-electron chi connectivity index (χ2n) is 2.88. The summed E-state index contributed by atoms with van der Waals surface area (Å²) in [5, 5.41) is 2.38. The summed E-state index contributed by atoms with van der Waals surface area (Å²) >= 11 is 0. The smallest absolute Gasteiger partial charge is 0.324 e. The molecule has 0 atom stereocenters. The zero-order chi connectivity index (χ0) is 10.6. The lowest BCUT2D eigenvalue weighted by atomic mass is 10.3. The van der Waals surface area contributed by atoms with Gasteiger partial charge in [0.2, 0.25) is 11.8 Å². The van der Waals surface area contributed by atoms with E-state index in [4.69, 9.17) is 5.84 Å². The highest BCUT2D eigenvalue weighted by molar-refractivity contribution is 6.01. The van der Waals surface area contributed by atoms with Crippen LogP contribution in [0.3, 0.4) is 0 Å². The van der Waals surface area contributed by atoms with Crippen LogP contribution in [0, 0.1) is 0 Å². The third-order valence-electron chi connectivity index (χ3n) is 1.88. The number of hydrazine groups is 1. The van der Waals surface area contributed by atoms with Gasteiger partial charge in [-0.15, -0.1) is 0 Å². The van der Waals surface area contributed by atoms with E-state index in [1.807, 2.05) is 5.43 Å². The van der Waals surface area contributed by atoms with Gasteiger partial charge in [0, 0.05) is 13.0 Å². The summed E-state index contributed by atoms with van der Waals surface area (Å²) in [6, 6.07) is -0.400. The number of carbonyl (C=O) groups is 3. The number of nitrogens with two attached hydrogens (primary N) is 1. The molecule has 0 aliphatic carbocycles. The summed E-state index contributed by atoms with van der Waals surface area (Å²) in [7, 11) is 0. The first-order chi connectivity index (χ1) is 6.65. The Bertz CT molecular complexity index is 250. The van der Waals surface area contributed by atoms with Crippen LogP contribution in [-0.4, -0.2) is 35.8 Å². The largest absolute Gasteiger partial charge is 0.329 e. The van der Waals surface area contributed by atoms with Crippen molar-refractivity contribution in [3.05, 3.63) is 0 Å². The molecule has 1 saturated heterocycles. The molecule has 1 aliphatic rings. The lowest BCUT2D eigenvalue weighted by Crippen LogP contribution is -2.34. The first-order valence-electron chi connectivity index (χ1n) is 4.23. The zero-order valence-corrected chi connectivity index (χ0v) is 7.58. The Labute approximate surface area is 80.6 Å². The third kappa shape index (κ3) is 2.43. The van der Waals surface area contributed by atoms with Crippen LogP contribution in [-0.2, 0) is 9.59 Å². The minimum atomic E-state index is -0.400. The van der Waals surface area contributed by atoms with E-state index < -0.39 is 6.03 Å². The summed E-state index contributed by atoms with van der Waals surface area (Å²) < 4.78 is 0. The number of amides is 4. The summed E-state index contributed by atoms with van der Waals surface area (Å²) in [4.78, 5) is 33.8. The van der Waals surface area contributed by atoms with Crippen molar-refractivity contribution in [3.8, 4) is 0 Å². The van der Waals surface area contributed by atoms with E-state index in [-0.39, 0.29) is 31.3 Å². The Morgan fingerprint density at radius 3 is 2.79 bits per heavy atom. The van der Waals surface area contributed by atoms with Crippen molar-refractivity contribution >= 4 is 17.8 Å². The summed E-state index contributed by atoms with van der Waals surface area (Å²) in [5.74, 6) is 4.29. The van der Waals surface area contributed by atoms with Crippen molar-refractivity contribution < 1.29 is 14.4 Å². The average Bonchev–Trinajstić information content (AvgIpc) is 2.48. The van der Waals surface area contributed by atoms with Gasteiger partial charge >= 0.3 is 6.03 Å². The van der Waals surface area contributed by atoms with Gasteiger partial charge < -0.3 is 5.32 Å². The van der Waals surface area contributed by atoms with Crippen molar-refractivity contribution in [2.24, 2.45) is 5.84 Å². The Balaban J connectivity index is 2.27. The molecule has 0 radical (unpaired) electrons. The first-order valence-corrected chi connectivity index (χ1v) is 4.23. The zero-order valence-electron chi connectivity index (χ0n) is 7.58. The molecule has 78 valence electrons. The molecular weight excluding hydrogens is 188 g/mol. The maximum atomic E-state index is 11.0. The van der Waals surface area contributed by atoms with Gasteiger partial charge in [-0.2, -0.15) is 0 Å². The molecule has 7 heteroatoms. The fourth-order valence-electron chi connectivity index (χ4n) is 1.15. The Morgan fingerprint density at radius 2 is 2.29 bits per heavy atom. The van der Waals surface area contributed by atoms with Gasteiger partial charge in [-0.25, -0.2) is 10.6 Å². The van der Waals surface area contributed by atoms with E-state index in [0.717, 1.165) is 4.90 Å². The molecule has 14 heavy (non-hydrogen) atoms. The van der Waals surface area contributed by atoms with E-state index in [1.165, 1.54) is 0 Å². The molecular formula is C7H12N4O3. The Morgan fingerprint density at radius 1 is 1.57 bits per heavy atom. The average molecular weight is 200 g/mol. The number of nitrogens with zero attached hydrogens (tertiary/aromatic N) is 1. The van der Waals surface area contributed by atoms with Gasteiger partial charge in [-0.1, -0.05) is 0 Å². The van der Waals surface area contributed by atoms with Crippen LogP contribution in [0.5, 0.6) is 0 Å². The highest BCUT2D eigenvalue weighted by Gasteiger charge is 2.27. The van der Waals surface area contributed by atoms with Crippen LogP contribution in [0.2, 0.25) is 0 Å². The third-order valence-corrected chi connectivity index (χ3v) is 1.88. The van der Waals surface area contributed by atoms with Gasteiger partial charge in [0.15, 0.2) is 0 Å². The standard InChI is InChI=1S/C7H12N4O3/c8-10-5(12)2-1-3-11-6(13)4-9-7(11)14/h1-4,8H2,(H,9,14)(H,10,12). The normalized spacial score (nSPS) is 15.6. The van der Waals surface area contributed by atoms with Gasteiger partial charge in [-0.3, -0.25) is 19.9 Å². The quantitative estimate of drug-likeness (QED) is 0.218. The number of hydrogen-bond acceptors (Lipinski definition) is 4. The number of nitrogens with one attached hydrogen (secondary N) is 2. The molecule has 0 aromatic carbocycles. The highest BCUT2D eigenvalue weighted by Crippen LogP contribution is 2.01. The molecule has 1 aliphatic heterocycles. The Hall–Kier alpha value is -1.63. The molecule has 0 aromatic rings. The minimum absolute atomic E-state index is 0.0436. The molecule has 4 N–H and O–H groups in total. The van der Waals surface area contributed by atoms with Crippen molar-refractivity contribution in [3.63, 3.8) is 0 Å². The van der Waals surface area contributed by atoms with Crippen LogP contribution in [0.25, 0.3) is 0 Å². The first kappa shape index (κ1) is 10.5. The minimum Gasteiger partial charge on any atom is -0.329 e. The monoisotopic (exact) mass is 200 g/mol. The van der Waals surface area contributed by atoms with E-state index >= 15 is 0 Å². The lowest BCUT2D eigenvalue weighted by molar-refractivity contribution is -0.126. The molecule has 0 unspecified atom stereocenters. The van der Waals surface area contributed by atoms with E-state index in [2.05, 4.69) is 5.32 Å². The van der Waals surface area contributed by atoms with E-state index in [9.17, 15) is 14.4 Å². The SMILES string of the molecule is NNC(=O)CCCN1C(=O)CNC1=O. The second kappa shape index (κ2) is 4.56. The fourth-order valence-corrected chi connectivity index (χ4v) is 1.15. The highest BCUT2D eigenvalue weighted by atomic mass is 16.2. The van der Waals surface area contributed by atoms with Crippen LogP contribution in [0.1, 0.15) is 12.8 Å². The summed E-state index contributed by atoms with van der Waals surface area (Å²) in [6.07, 6.45) is 0.621. The molecule has 0 aromatic heterocycles. The molecule has 4 amide bonds. The fraction of sp³-hybridized carbons (Fsp3) is 0.571. The molecule has 0 spiro atoms. The molecule has 7 nitrogen and oxygen atoms in total. The maximum Gasteiger partial charge on any atom is 0.324 e. The lowest BCUT2D eigenvalue weighted by Gasteiger charge is -2.10. The number of rotatable bonds is 4. The van der Waals surface area contributed by atoms with Crippen molar-refractivity contribution in [1.29, 1.82) is 0 Å². The molecule has 1 heterocycles. The van der Waals surface area contributed by atoms with E-state index in [1.54, 1.807) is 0 Å². The van der Waals surface area contributed by atoms with Gasteiger partial charge in [0.25, 0.3) is 0 Å². The predicted molar refractivity (Wildman–Crippen MR) is 46.7 cm³/mol. The van der Waals surface area contributed by atoms with Gasteiger partial charge in [-0.05, 0) is 6.42 Å². The van der Waals surface area contributed by atoms with Crippen molar-refractivity contribution in [1.82, 2.24) is 15.6 Å². The number of hydrogen-bond donors (Lipinski definition) is 3. The van der Waals surface area contributed by atoms with Crippen molar-refractivity contribution in [2.45, 2.75) is 12.8 Å².